The molecule has 2 amide bonds. The number of piperazine rings is 1. The second-order valence-electron chi connectivity index (χ2n) is 13.1. The fraction of sp³-hybridized carbons (Fsp3) is 0.486. The van der Waals surface area contributed by atoms with E-state index in [9.17, 15) is 18.4 Å². The van der Waals surface area contributed by atoms with E-state index >= 15 is 0 Å². The number of amides is 2. The number of nitrogens with one attached hydrogen (secondary N) is 2. The van der Waals surface area contributed by atoms with Gasteiger partial charge in [0.25, 0.3) is 5.56 Å². The van der Waals surface area contributed by atoms with Crippen LogP contribution in [0.25, 0.3) is 11.3 Å². The van der Waals surface area contributed by atoms with Crippen molar-refractivity contribution < 1.29 is 13.6 Å². The molecule has 2 aliphatic heterocycles. The van der Waals surface area contributed by atoms with Crippen LogP contribution in [0.2, 0.25) is 0 Å². The Morgan fingerprint density at radius 2 is 1.73 bits per heavy atom. The molecule has 0 radical (unpaired) electrons. The molecule has 2 atom stereocenters. The summed E-state index contributed by atoms with van der Waals surface area (Å²) in [7, 11) is 0. The van der Waals surface area contributed by atoms with E-state index < -0.39 is 17.7 Å². The minimum Gasteiger partial charge on any atom is -0.322 e. The SMILES string of the molecule is CC(C)N[C@@H]1CCN(C(=O)N2CCN(Cc3ccc(-c4ccccc4)[nH]c3=O)C3(CCCC3)C2)[C@H](c2cc(F)cc(F)c2)C1. The Morgan fingerprint density at radius 3 is 2.41 bits per heavy atom. The van der Waals surface area contributed by atoms with E-state index in [2.05, 4.69) is 29.0 Å². The van der Waals surface area contributed by atoms with Gasteiger partial charge in [-0.1, -0.05) is 63.1 Å². The third kappa shape index (κ3) is 6.44. The van der Waals surface area contributed by atoms with Crippen molar-refractivity contribution in [3.05, 3.63) is 93.8 Å². The first-order valence-electron chi connectivity index (χ1n) is 16.0. The van der Waals surface area contributed by atoms with Gasteiger partial charge in [-0.2, -0.15) is 0 Å². The highest BCUT2D eigenvalue weighted by atomic mass is 19.1. The number of aromatic nitrogens is 1. The van der Waals surface area contributed by atoms with E-state index in [0.29, 0.717) is 44.7 Å². The first kappa shape index (κ1) is 30.5. The molecular weight excluding hydrogens is 560 g/mol. The van der Waals surface area contributed by atoms with Crippen molar-refractivity contribution in [1.82, 2.24) is 25.0 Å². The van der Waals surface area contributed by atoms with Gasteiger partial charge in [0, 0.05) is 67.7 Å². The van der Waals surface area contributed by atoms with Crippen molar-refractivity contribution in [3.8, 4) is 11.3 Å². The summed E-state index contributed by atoms with van der Waals surface area (Å²) in [5.41, 5.74) is 2.71. The van der Waals surface area contributed by atoms with Gasteiger partial charge in [0.05, 0.1) is 6.04 Å². The molecule has 3 fully saturated rings. The summed E-state index contributed by atoms with van der Waals surface area (Å²) in [6.45, 7) is 7.00. The molecule has 3 aliphatic rings. The van der Waals surface area contributed by atoms with Crippen molar-refractivity contribution in [1.29, 1.82) is 0 Å². The van der Waals surface area contributed by atoms with Crippen LogP contribution >= 0.6 is 0 Å². The summed E-state index contributed by atoms with van der Waals surface area (Å²) in [4.78, 5) is 36.7. The lowest BCUT2D eigenvalue weighted by Gasteiger charge is -2.51. The average Bonchev–Trinajstić information content (AvgIpc) is 3.47. The van der Waals surface area contributed by atoms with Crippen molar-refractivity contribution in [3.63, 3.8) is 0 Å². The van der Waals surface area contributed by atoms with E-state index in [4.69, 9.17) is 0 Å². The normalized spacial score (nSPS) is 22.2. The van der Waals surface area contributed by atoms with Crippen molar-refractivity contribution in [2.75, 3.05) is 26.2 Å². The molecule has 44 heavy (non-hydrogen) atoms. The summed E-state index contributed by atoms with van der Waals surface area (Å²) in [6.07, 6.45) is 5.48. The highest BCUT2D eigenvalue weighted by Gasteiger charge is 2.46. The molecule has 7 nitrogen and oxygen atoms in total. The maximum Gasteiger partial charge on any atom is 0.320 e. The fourth-order valence-electron chi connectivity index (χ4n) is 7.63. The second-order valence-corrected chi connectivity index (χ2v) is 13.1. The maximum absolute atomic E-state index is 14.3. The van der Waals surface area contributed by atoms with Crippen LogP contribution in [-0.2, 0) is 6.54 Å². The lowest BCUT2D eigenvalue weighted by atomic mass is 9.90. The first-order valence-corrected chi connectivity index (χ1v) is 16.0. The van der Waals surface area contributed by atoms with Gasteiger partial charge in [-0.25, -0.2) is 13.6 Å². The number of aromatic amines is 1. The lowest BCUT2D eigenvalue weighted by Crippen LogP contribution is -2.64. The summed E-state index contributed by atoms with van der Waals surface area (Å²) in [5, 5.41) is 3.56. The van der Waals surface area contributed by atoms with Crippen LogP contribution in [0, 0.1) is 11.6 Å². The van der Waals surface area contributed by atoms with E-state index in [-0.39, 0.29) is 29.2 Å². The van der Waals surface area contributed by atoms with Gasteiger partial charge in [0.1, 0.15) is 11.6 Å². The topological polar surface area (TPSA) is 71.7 Å². The minimum atomic E-state index is -0.628. The van der Waals surface area contributed by atoms with Gasteiger partial charge in [0.15, 0.2) is 0 Å². The van der Waals surface area contributed by atoms with Gasteiger partial charge in [0.2, 0.25) is 0 Å². The number of urea groups is 1. The summed E-state index contributed by atoms with van der Waals surface area (Å²) in [5.74, 6) is -1.26. The molecule has 0 bridgehead atoms. The largest absolute Gasteiger partial charge is 0.322 e. The van der Waals surface area contributed by atoms with Crippen LogP contribution in [0.4, 0.5) is 13.6 Å². The van der Waals surface area contributed by atoms with Crippen molar-refractivity contribution in [2.45, 2.75) is 82.6 Å². The van der Waals surface area contributed by atoms with Crippen LogP contribution in [-0.4, -0.2) is 69.5 Å². The average molecular weight is 604 g/mol. The number of pyridine rings is 1. The number of rotatable bonds is 6. The van der Waals surface area contributed by atoms with Crippen LogP contribution in [0.1, 0.15) is 69.5 Å². The third-order valence-electron chi connectivity index (χ3n) is 9.72. The molecule has 1 aliphatic carbocycles. The smallest absolute Gasteiger partial charge is 0.320 e. The number of carbonyl (C=O) groups excluding carboxylic acids is 1. The van der Waals surface area contributed by atoms with Gasteiger partial charge in [-0.3, -0.25) is 9.69 Å². The molecule has 2 saturated heterocycles. The number of benzene rings is 2. The van der Waals surface area contributed by atoms with Crippen molar-refractivity contribution in [2.24, 2.45) is 0 Å². The number of hydrogen-bond donors (Lipinski definition) is 2. The van der Waals surface area contributed by atoms with Gasteiger partial charge in [-0.15, -0.1) is 0 Å². The number of carbonyl (C=O) groups is 1. The molecule has 3 heterocycles. The first-order chi connectivity index (χ1) is 21.2. The molecule has 9 heteroatoms. The monoisotopic (exact) mass is 603 g/mol. The van der Waals surface area contributed by atoms with Crippen LogP contribution in [0.3, 0.4) is 0 Å². The highest BCUT2D eigenvalue weighted by Crippen LogP contribution is 2.40. The number of nitrogens with zero attached hydrogens (tertiary/aromatic N) is 3. The molecule has 2 aromatic carbocycles. The molecule has 0 unspecified atom stereocenters. The molecule has 1 saturated carbocycles. The zero-order valence-corrected chi connectivity index (χ0v) is 25.7. The standard InChI is InChI=1S/C35H43F2N5O2/c1-24(2)38-30-12-15-42(32(21-30)27-18-28(36)20-29(37)19-27)34(44)40-16-17-41(35(23-40)13-6-7-14-35)22-26-10-11-31(39-33(26)43)25-8-4-3-5-9-25/h3-5,8-11,18-20,24,30,32,38H,6-7,12-17,21-23H2,1-2H3,(H,39,43)/t30-,32+/m1/s1. The Morgan fingerprint density at radius 1 is 1.00 bits per heavy atom. The quantitative estimate of drug-likeness (QED) is 0.359. The molecule has 1 spiro atoms. The predicted octanol–water partition coefficient (Wildman–Crippen LogP) is 6.07. The Kier molecular flexibility index (Phi) is 8.87. The summed E-state index contributed by atoms with van der Waals surface area (Å²) in [6, 6.07) is 17.3. The second kappa shape index (κ2) is 12.8. The zero-order chi connectivity index (χ0) is 30.8. The minimum absolute atomic E-state index is 0.0707. The Bertz CT molecular complexity index is 1500. The molecule has 234 valence electrons. The number of piperidine rings is 1. The number of H-pyrrole nitrogens is 1. The number of likely N-dealkylation sites (tertiary alicyclic amines) is 1. The zero-order valence-electron chi connectivity index (χ0n) is 25.7. The van der Waals surface area contributed by atoms with E-state index in [0.717, 1.165) is 55.0 Å². The maximum atomic E-state index is 14.3. The summed E-state index contributed by atoms with van der Waals surface area (Å²) >= 11 is 0. The molecule has 6 rings (SSSR count). The van der Waals surface area contributed by atoms with Gasteiger partial charge < -0.3 is 20.1 Å². The van der Waals surface area contributed by atoms with Crippen LogP contribution in [0.5, 0.6) is 0 Å². The Hall–Kier alpha value is -3.56. The molecule has 1 aromatic heterocycles. The van der Waals surface area contributed by atoms with E-state index in [1.165, 1.54) is 12.1 Å². The number of halogens is 2. The van der Waals surface area contributed by atoms with E-state index in [1.807, 2.05) is 52.3 Å². The number of hydrogen-bond acceptors (Lipinski definition) is 4. The molecule has 2 N–H and O–H groups in total. The molecular formula is C35H43F2N5O2. The lowest BCUT2D eigenvalue weighted by molar-refractivity contribution is -0.00244. The van der Waals surface area contributed by atoms with Crippen molar-refractivity contribution >= 4 is 6.03 Å². The van der Waals surface area contributed by atoms with Crippen LogP contribution in [0.15, 0.2) is 65.5 Å². The molecule has 3 aromatic rings. The van der Waals surface area contributed by atoms with Gasteiger partial charge >= 0.3 is 6.03 Å². The van der Waals surface area contributed by atoms with Gasteiger partial charge in [-0.05, 0) is 55.0 Å². The van der Waals surface area contributed by atoms with E-state index in [1.54, 1.807) is 0 Å². The summed E-state index contributed by atoms with van der Waals surface area (Å²) < 4.78 is 28.7. The highest BCUT2D eigenvalue weighted by molar-refractivity contribution is 5.75. The van der Waals surface area contributed by atoms with Crippen LogP contribution < -0.4 is 10.9 Å². The Balaban J connectivity index is 1.21. The fourth-order valence-corrected chi connectivity index (χ4v) is 7.63. The Labute approximate surface area is 258 Å². The third-order valence-corrected chi connectivity index (χ3v) is 9.72. The predicted molar refractivity (Wildman–Crippen MR) is 168 cm³/mol.